The molecule has 0 radical (unpaired) electrons. The van der Waals surface area contributed by atoms with Gasteiger partial charge < -0.3 is 17.1 Å². The molecule has 20 heavy (non-hydrogen) atoms. The summed E-state index contributed by atoms with van der Waals surface area (Å²) in [6.45, 7) is 5.95. The van der Waals surface area contributed by atoms with E-state index >= 15 is 0 Å². The molecule has 0 saturated heterocycles. The second-order valence-corrected chi connectivity index (χ2v) is 5.44. The zero-order valence-electron chi connectivity index (χ0n) is 13.4. The van der Waals surface area contributed by atoms with Gasteiger partial charge in [-0.1, -0.05) is 51.9 Å². The number of imidazole rings is 1. The lowest BCUT2D eigenvalue weighted by molar-refractivity contribution is -0.677. The number of ether oxygens (including phenoxy) is 1. The minimum absolute atomic E-state index is 0. The first kappa shape index (κ1) is 19.5. The molecule has 118 valence electrons. The Hall–Kier alpha value is -0.540. The summed E-state index contributed by atoms with van der Waals surface area (Å²) in [4.78, 5) is 0. The topological polar surface area (TPSA) is 18.0 Å². The maximum Gasteiger partial charge on any atom is 0.254 e. The largest absolute Gasteiger partial charge is 1.00 e. The van der Waals surface area contributed by atoms with Gasteiger partial charge in [0.25, 0.3) is 5.82 Å². The number of unbranched alkanes of at least 4 members (excludes halogenated alkanes) is 7. The molecule has 1 rings (SSSR count). The number of rotatable bonds is 11. The Morgan fingerprint density at radius 2 is 1.65 bits per heavy atom. The van der Waals surface area contributed by atoms with E-state index in [1.54, 1.807) is 0 Å². The van der Waals surface area contributed by atoms with Gasteiger partial charge in [0.05, 0.1) is 13.7 Å². The van der Waals surface area contributed by atoms with Gasteiger partial charge in [-0.15, -0.1) is 0 Å². The van der Waals surface area contributed by atoms with Crippen LogP contribution in [0.1, 0.15) is 64.1 Å². The van der Waals surface area contributed by atoms with E-state index in [1.807, 2.05) is 0 Å². The van der Waals surface area contributed by atoms with Gasteiger partial charge in [0.2, 0.25) is 0 Å². The van der Waals surface area contributed by atoms with Crippen LogP contribution >= 0.6 is 0 Å². The van der Waals surface area contributed by atoms with Crippen LogP contribution in [0.25, 0.3) is 0 Å². The molecule has 0 fully saturated rings. The molecule has 0 bridgehead atoms. The molecule has 4 heteroatoms. The lowest BCUT2D eigenvalue weighted by Gasteiger charge is -2.03. The van der Waals surface area contributed by atoms with Gasteiger partial charge in [0, 0.05) is 6.92 Å². The van der Waals surface area contributed by atoms with Gasteiger partial charge in [0.1, 0.15) is 12.4 Å². The van der Waals surface area contributed by atoms with Crippen molar-refractivity contribution in [1.29, 1.82) is 0 Å². The fraction of sp³-hybridized carbons (Fsp3) is 0.812. The standard InChI is InChI=1S/C16H31N2O.ClH/c1-4-5-6-7-8-9-10-11-14-19-15-18-13-12-17(3)16(18)2;/h12-13H,4-11,14-15H2,1-3H3;1H/q+1;/p-1. The molecule has 0 aromatic carbocycles. The van der Waals surface area contributed by atoms with Gasteiger partial charge >= 0.3 is 0 Å². The third-order valence-corrected chi connectivity index (χ3v) is 3.77. The highest BCUT2D eigenvalue weighted by molar-refractivity contribution is 4.77. The smallest absolute Gasteiger partial charge is 0.254 e. The van der Waals surface area contributed by atoms with Gasteiger partial charge in [0.15, 0.2) is 6.73 Å². The van der Waals surface area contributed by atoms with Crippen LogP contribution < -0.4 is 17.0 Å². The molecule has 0 amide bonds. The molecule has 0 N–H and O–H groups in total. The SMILES string of the molecule is CCCCCCCCCCOCn1cc[n+](C)c1C.[Cl-]. The summed E-state index contributed by atoms with van der Waals surface area (Å²) in [5.74, 6) is 1.23. The fourth-order valence-electron chi connectivity index (χ4n) is 2.24. The summed E-state index contributed by atoms with van der Waals surface area (Å²) in [6, 6.07) is 0. The number of hydrogen-bond donors (Lipinski definition) is 0. The molecule has 3 nitrogen and oxygen atoms in total. The summed E-state index contributed by atoms with van der Waals surface area (Å²) in [5.41, 5.74) is 0. The van der Waals surface area contributed by atoms with E-state index in [1.165, 1.54) is 57.2 Å². The van der Waals surface area contributed by atoms with Crippen LogP contribution in [-0.4, -0.2) is 11.2 Å². The third kappa shape index (κ3) is 7.91. The van der Waals surface area contributed by atoms with Crippen LogP contribution in [0.15, 0.2) is 12.4 Å². The monoisotopic (exact) mass is 302 g/mol. The average Bonchev–Trinajstić information content (AvgIpc) is 2.73. The molecular formula is C16H31ClN2O. The van der Waals surface area contributed by atoms with Crippen LogP contribution in [0.2, 0.25) is 0 Å². The summed E-state index contributed by atoms with van der Waals surface area (Å²) in [7, 11) is 2.06. The summed E-state index contributed by atoms with van der Waals surface area (Å²) in [6.07, 6.45) is 15.0. The molecule has 1 aromatic rings. The van der Waals surface area contributed by atoms with Crippen molar-refractivity contribution in [2.24, 2.45) is 7.05 Å². The summed E-state index contributed by atoms with van der Waals surface area (Å²) in [5, 5.41) is 0. The van der Waals surface area contributed by atoms with Crippen molar-refractivity contribution >= 4 is 0 Å². The number of hydrogen-bond acceptors (Lipinski definition) is 1. The van der Waals surface area contributed by atoms with Crippen LogP contribution in [0, 0.1) is 6.92 Å². The molecule has 1 aromatic heterocycles. The number of aryl methyl sites for hydroxylation is 1. The average molecular weight is 303 g/mol. The van der Waals surface area contributed by atoms with Crippen LogP contribution in [0.5, 0.6) is 0 Å². The highest BCUT2D eigenvalue weighted by Crippen LogP contribution is 2.08. The van der Waals surface area contributed by atoms with Gasteiger partial charge in [-0.2, -0.15) is 0 Å². The van der Waals surface area contributed by atoms with Crippen LogP contribution in [0.3, 0.4) is 0 Å². The van der Waals surface area contributed by atoms with Gasteiger partial charge in [-0.25, -0.2) is 9.13 Å². The minimum Gasteiger partial charge on any atom is -1.00 e. The summed E-state index contributed by atoms with van der Waals surface area (Å²) < 4.78 is 9.96. The predicted molar refractivity (Wildman–Crippen MR) is 78.9 cm³/mol. The Labute approximate surface area is 130 Å². The Morgan fingerprint density at radius 1 is 1.05 bits per heavy atom. The van der Waals surface area contributed by atoms with Crippen molar-refractivity contribution in [2.75, 3.05) is 6.61 Å². The first-order chi connectivity index (χ1) is 9.25. The molecule has 0 spiro atoms. The summed E-state index contributed by atoms with van der Waals surface area (Å²) >= 11 is 0. The zero-order chi connectivity index (χ0) is 13.9. The Balaban J connectivity index is 0.00000361. The van der Waals surface area contributed by atoms with Gasteiger partial charge in [-0.3, -0.25) is 0 Å². The van der Waals surface area contributed by atoms with Crippen molar-refractivity contribution < 1.29 is 21.7 Å². The Morgan fingerprint density at radius 3 is 2.20 bits per heavy atom. The lowest BCUT2D eigenvalue weighted by atomic mass is 10.1. The fourth-order valence-corrected chi connectivity index (χ4v) is 2.24. The second kappa shape index (κ2) is 12.2. The minimum atomic E-state index is 0. The van der Waals surface area contributed by atoms with Crippen LogP contribution in [0.4, 0.5) is 0 Å². The number of halogens is 1. The highest BCUT2D eigenvalue weighted by atomic mass is 35.5. The van der Waals surface area contributed by atoms with E-state index in [-0.39, 0.29) is 12.4 Å². The molecule has 0 unspecified atom stereocenters. The highest BCUT2D eigenvalue weighted by Gasteiger charge is 2.07. The molecule has 0 atom stereocenters. The predicted octanol–water partition coefficient (Wildman–Crippen LogP) is 0.740. The van der Waals surface area contributed by atoms with Crippen molar-refractivity contribution in [3.8, 4) is 0 Å². The van der Waals surface area contributed by atoms with E-state index in [4.69, 9.17) is 4.74 Å². The normalized spacial score (nSPS) is 10.6. The molecule has 0 aliphatic rings. The van der Waals surface area contributed by atoms with E-state index in [2.05, 4.69) is 42.4 Å². The third-order valence-electron chi connectivity index (χ3n) is 3.77. The lowest BCUT2D eigenvalue weighted by Crippen LogP contribution is -3.00. The molecule has 0 saturated carbocycles. The van der Waals surface area contributed by atoms with E-state index in [0.717, 1.165) is 6.61 Å². The zero-order valence-corrected chi connectivity index (χ0v) is 14.2. The maximum atomic E-state index is 5.71. The first-order valence-electron chi connectivity index (χ1n) is 7.84. The maximum absolute atomic E-state index is 5.71. The van der Waals surface area contributed by atoms with Crippen LogP contribution in [-0.2, 0) is 18.5 Å². The Kier molecular flexibility index (Phi) is 11.9. The van der Waals surface area contributed by atoms with Gasteiger partial charge in [-0.05, 0) is 6.42 Å². The number of nitrogens with zero attached hydrogens (tertiary/aromatic N) is 2. The van der Waals surface area contributed by atoms with Crippen molar-refractivity contribution in [3.63, 3.8) is 0 Å². The van der Waals surface area contributed by atoms with Crippen molar-refractivity contribution in [3.05, 3.63) is 18.2 Å². The molecular weight excluding hydrogens is 272 g/mol. The van der Waals surface area contributed by atoms with E-state index in [9.17, 15) is 0 Å². The van der Waals surface area contributed by atoms with E-state index < -0.39 is 0 Å². The van der Waals surface area contributed by atoms with E-state index in [0.29, 0.717) is 6.73 Å². The Bertz CT molecular complexity index is 339. The molecule has 1 heterocycles. The second-order valence-electron chi connectivity index (χ2n) is 5.44. The molecule has 0 aliphatic heterocycles. The number of aromatic nitrogens is 2. The first-order valence-corrected chi connectivity index (χ1v) is 7.84. The van der Waals surface area contributed by atoms with Crippen molar-refractivity contribution in [1.82, 2.24) is 4.57 Å². The quantitative estimate of drug-likeness (QED) is 0.436. The van der Waals surface area contributed by atoms with Crippen molar-refractivity contribution in [2.45, 2.75) is 71.9 Å². The molecule has 0 aliphatic carbocycles.